The van der Waals surface area contributed by atoms with Gasteiger partial charge in [-0.3, -0.25) is 13.9 Å². The van der Waals surface area contributed by atoms with E-state index in [9.17, 15) is 18.0 Å². The van der Waals surface area contributed by atoms with E-state index in [4.69, 9.17) is 9.47 Å². The van der Waals surface area contributed by atoms with Crippen LogP contribution in [0.2, 0.25) is 0 Å². The summed E-state index contributed by atoms with van der Waals surface area (Å²) < 4.78 is 40.8. The van der Waals surface area contributed by atoms with Crippen LogP contribution in [0.4, 0.5) is 5.69 Å². The highest BCUT2D eigenvalue weighted by molar-refractivity contribution is 7.92. The van der Waals surface area contributed by atoms with Crippen LogP contribution in [0.1, 0.15) is 47.9 Å². The van der Waals surface area contributed by atoms with Gasteiger partial charge in [-0.15, -0.1) is 0 Å². The Morgan fingerprint density at radius 3 is 2.02 bits per heavy atom. The second-order valence-corrected chi connectivity index (χ2v) is 14.4. The first-order chi connectivity index (χ1) is 23.6. The molecule has 0 bridgehead atoms. The zero-order chi connectivity index (χ0) is 35.0. The number of anilines is 1. The highest BCUT2D eigenvalue weighted by Crippen LogP contribution is 2.34. The molecule has 1 aliphatic carbocycles. The molecule has 0 aliphatic heterocycles. The minimum absolute atomic E-state index is 0.0329. The molecule has 1 fully saturated rings. The first-order valence-electron chi connectivity index (χ1n) is 16.6. The van der Waals surface area contributed by atoms with Gasteiger partial charge in [0.25, 0.3) is 10.0 Å². The lowest BCUT2D eigenvalue weighted by molar-refractivity contribution is -0.140. The molecule has 5 rings (SSSR count). The topological polar surface area (TPSA) is 105 Å². The lowest BCUT2D eigenvalue weighted by Crippen LogP contribution is -2.54. The molecular formula is C39H45N3O6S. The van der Waals surface area contributed by atoms with E-state index in [1.165, 1.54) is 37.3 Å². The maximum Gasteiger partial charge on any atom is 0.264 e. The highest BCUT2D eigenvalue weighted by atomic mass is 32.2. The average molecular weight is 684 g/mol. The van der Waals surface area contributed by atoms with Crippen LogP contribution in [0.3, 0.4) is 0 Å². The fourth-order valence-electron chi connectivity index (χ4n) is 6.16. The first kappa shape index (κ1) is 35.5. The molecule has 1 N–H and O–H groups in total. The van der Waals surface area contributed by atoms with Crippen LogP contribution in [-0.2, 0) is 32.6 Å². The van der Waals surface area contributed by atoms with Gasteiger partial charge in [-0.25, -0.2) is 8.42 Å². The highest BCUT2D eigenvalue weighted by Gasteiger charge is 2.36. The van der Waals surface area contributed by atoms with E-state index in [1.54, 1.807) is 24.3 Å². The number of ether oxygens (including phenoxy) is 2. The SMILES string of the molecule is COc1ccc(N(CC(=O)N(Cc2ccc(C)cc2)[C@@H](Cc2ccccc2)C(=O)NC2CCCC2)S(=O)(=O)c2ccc(C)cc2)cc1OC. The van der Waals surface area contributed by atoms with Crippen molar-refractivity contribution >= 4 is 27.5 Å². The van der Waals surface area contributed by atoms with Crippen LogP contribution >= 0.6 is 0 Å². The predicted octanol–water partition coefficient (Wildman–Crippen LogP) is 6.21. The molecule has 2 amide bonds. The normalized spacial score (nSPS) is 13.8. The number of sulfonamides is 1. The van der Waals surface area contributed by atoms with E-state index in [2.05, 4.69) is 5.32 Å². The number of hydrogen-bond donors (Lipinski definition) is 1. The number of benzene rings is 4. The third kappa shape index (κ3) is 8.80. The van der Waals surface area contributed by atoms with E-state index in [0.717, 1.165) is 52.2 Å². The van der Waals surface area contributed by atoms with Gasteiger partial charge in [0.15, 0.2) is 11.5 Å². The minimum atomic E-state index is -4.26. The molecule has 0 aromatic heterocycles. The Balaban J connectivity index is 1.59. The summed E-state index contributed by atoms with van der Waals surface area (Å²) in [6, 6.07) is 27.7. The van der Waals surface area contributed by atoms with Gasteiger partial charge in [-0.1, -0.05) is 90.7 Å². The van der Waals surface area contributed by atoms with Crippen molar-refractivity contribution in [2.45, 2.75) is 69.5 Å². The van der Waals surface area contributed by atoms with E-state index in [1.807, 2.05) is 68.4 Å². The molecule has 1 saturated carbocycles. The van der Waals surface area contributed by atoms with Gasteiger partial charge in [0, 0.05) is 25.1 Å². The Morgan fingerprint density at radius 2 is 1.41 bits per heavy atom. The van der Waals surface area contributed by atoms with Crippen molar-refractivity contribution in [3.8, 4) is 11.5 Å². The molecule has 4 aromatic carbocycles. The van der Waals surface area contributed by atoms with Crippen LogP contribution in [0.15, 0.2) is 102 Å². The fraction of sp³-hybridized carbons (Fsp3) is 0.333. The summed E-state index contributed by atoms with van der Waals surface area (Å²) in [5.41, 5.74) is 3.89. The Labute approximate surface area is 289 Å². The maximum absolute atomic E-state index is 14.8. The lowest BCUT2D eigenvalue weighted by Gasteiger charge is -2.34. The molecule has 258 valence electrons. The van der Waals surface area contributed by atoms with Crippen molar-refractivity contribution in [3.63, 3.8) is 0 Å². The van der Waals surface area contributed by atoms with E-state index < -0.39 is 28.5 Å². The Kier molecular flexibility index (Phi) is 11.6. The van der Waals surface area contributed by atoms with Gasteiger partial charge in [0.05, 0.1) is 24.8 Å². The number of hydrogen-bond acceptors (Lipinski definition) is 6. The molecule has 10 heteroatoms. The number of rotatable bonds is 14. The second-order valence-electron chi connectivity index (χ2n) is 12.6. The zero-order valence-corrected chi connectivity index (χ0v) is 29.4. The van der Waals surface area contributed by atoms with Crippen LogP contribution in [0.5, 0.6) is 11.5 Å². The lowest BCUT2D eigenvalue weighted by atomic mass is 10.0. The minimum Gasteiger partial charge on any atom is -0.493 e. The molecule has 1 atom stereocenters. The van der Waals surface area contributed by atoms with Crippen molar-refractivity contribution in [3.05, 3.63) is 119 Å². The maximum atomic E-state index is 14.8. The molecular weight excluding hydrogens is 639 g/mol. The Hall–Kier alpha value is -4.83. The van der Waals surface area contributed by atoms with Crippen LogP contribution in [0.25, 0.3) is 0 Å². The fourth-order valence-corrected chi connectivity index (χ4v) is 7.56. The third-order valence-corrected chi connectivity index (χ3v) is 10.8. The largest absolute Gasteiger partial charge is 0.493 e. The molecule has 0 spiro atoms. The summed E-state index contributed by atoms with van der Waals surface area (Å²) in [6.45, 7) is 3.41. The van der Waals surface area contributed by atoms with Crippen molar-refractivity contribution in [2.75, 3.05) is 25.1 Å². The molecule has 9 nitrogen and oxygen atoms in total. The number of amides is 2. The standard InChI is InChI=1S/C39H45N3O6S/c1-28-14-18-31(19-15-28)26-41(35(24-30-10-6-5-7-11-30)39(44)40-32-12-8-9-13-32)38(43)27-42(33-20-23-36(47-3)37(25-33)48-4)49(45,46)34-21-16-29(2)17-22-34/h5-7,10-11,14-23,25,32,35H,8-9,12-13,24,26-27H2,1-4H3,(H,40,44)/t35-/m0/s1. The summed E-state index contributed by atoms with van der Waals surface area (Å²) in [6.07, 6.45) is 4.11. The van der Waals surface area contributed by atoms with Gasteiger partial charge >= 0.3 is 0 Å². The number of aryl methyl sites for hydroxylation is 2. The van der Waals surface area contributed by atoms with Crippen molar-refractivity contribution < 1.29 is 27.5 Å². The van der Waals surface area contributed by atoms with E-state index >= 15 is 0 Å². The van der Waals surface area contributed by atoms with Gasteiger partial charge in [0.1, 0.15) is 12.6 Å². The molecule has 0 radical (unpaired) electrons. The summed E-state index contributed by atoms with van der Waals surface area (Å²) in [4.78, 5) is 30.5. The zero-order valence-electron chi connectivity index (χ0n) is 28.6. The molecule has 49 heavy (non-hydrogen) atoms. The summed E-state index contributed by atoms with van der Waals surface area (Å²) >= 11 is 0. The van der Waals surface area contributed by atoms with Crippen molar-refractivity contribution in [1.82, 2.24) is 10.2 Å². The van der Waals surface area contributed by atoms with Crippen LogP contribution in [0, 0.1) is 13.8 Å². The molecule has 1 aliphatic rings. The third-order valence-electron chi connectivity index (χ3n) is 8.99. The molecule has 0 heterocycles. The average Bonchev–Trinajstić information content (AvgIpc) is 3.62. The smallest absolute Gasteiger partial charge is 0.264 e. The molecule has 0 saturated heterocycles. The summed E-state index contributed by atoms with van der Waals surface area (Å²) in [7, 11) is -1.30. The Bertz CT molecular complexity index is 1820. The number of methoxy groups -OCH3 is 2. The number of carbonyl (C=O) groups excluding carboxylic acids is 2. The van der Waals surface area contributed by atoms with Gasteiger partial charge in [-0.05, 0) is 62.1 Å². The quantitative estimate of drug-likeness (QED) is 0.169. The number of carbonyl (C=O) groups is 2. The molecule has 0 unspecified atom stereocenters. The van der Waals surface area contributed by atoms with Crippen LogP contribution < -0.4 is 19.1 Å². The van der Waals surface area contributed by atoms with Crippen LogP contribution in [-0.4, -0.2) is 58.0 Å². The van der Waals surface area contributed by atoms with Gasteiger partial charge in [0.2, 0.25) is 11.8 Å². The van der Waals surface area contributed by atoms with Crippen molar-refractivity contribution in [2.24, 2.45) is 0 Å². The first-order valence-corrected chi connectivity index (χ1v) is 18.0. The summed E-state index contributed by atoms with van der Waals surface area (Å²) in [5.74, 6) is -0.0486. The number of nitrogens with one attached hydrogen (secondary N) is 1. The number of nitrogens with zero attached hydrogens (tertiary/aromatic N) is 2. The van der Waals surface area contributed by atoms with Crippen molar-refractivity contribution in [1.29, 1.82) is 0 Å². The van der Waals surface area contributed by atoms with Gasteiger partial charge in [-0.2, -0.15) is 0 Å². The van der Waals surface area contributed by atoms with E-state index in [0.29, 0.717) is 11.5 Å². The summed E-state index contributed by atoms with van der Waals surface area (Å²) in [5, 5.41) is 3.21. The molecule has 4 aromatic rings. The Morgan fingerprint density at radius 1 is 0.796 bits per heavy atom. The van der Waals surface area contributed by atoms with Gasteiger partial charge < -0.3 is 19.7 Å². The monoisotopic (exact) mass is 683 g/mol. The second kappa shape index (κ2) is 16.0. The van der Waals surface area contributed by atoms with E-state index in [-0.39, 0.29) is 35.5 Å². The predicted molar refractivity (Wildman–Crippen MR) is 191 cm³/mol.